The number of hydrogen-bond acceptors (Lipinski definition) is 6. The normalized spacial score (nSPS) is 20.5. The van der Waals surface area contributed by atoms with Gasteiger partial charge in [-0.3, -0.25) is 14.4 Å². The lowest BCUT2D eigenvalue weighted by Crippen LogP contribution is -2.53. The first kappa shape index (κ1) is 32.7. The molecule has 238 valence electrons. The molecule has 2 N–H and O–H groups in total. The summed E-state index contributed by atoms with van der Waals surface area (Å²) >= 11 is 1.79. The van der Waals surface area contributed by atoms with Crippen molar-refractivity contribution in [2.75, 3.05) is 19.0 Å². The van der Waals surface area contributed by atoms with Gasteiger partial charge in [0.25, 0.3) is 0 Å². The van der Waals surface area contributed by atoms with Gasteiger partial charge >= 0.3 is 0 Å². The van der Waals surface area contributed by atoms with Crippen LogP contribution in [-0.2, 0) is 37.1 Å². The topological polar surface area (TPSA) is 97.0 Å². The third kappa shape index (κ3) is 8.54. The van der Waals surface area contributed by atoms with Crippen molar-refractivity contribution < 1.29 is 23.9 Å². The second-order valence-electron chi connectivity index (χ2n) is 12.4. The van der Waals surface area contributed by atoms with Gasteiger partial charge in [-0.15, -0.1) is 11.8 Å². The number of nitrogens with zero attached hydrogens (tertiary/aromatic N) is 1. The maximum Gasteiger partial charge on any atom is 0.243 e. The highest BCUT2D eigenvalue weighted by molar-refractivity contribution is 7.99. The van der Waals surface area contributed by atoms with Crippen LogP contribution in [0.25, 0.3) is 0 Å². The Morgan fingerprint density at radius 1 is 0.911 bits per heavy atom. The second-order valence-corrected chi connectivity index (χ2v) is 13.7. The van der Waals surface area contributed by atoms with Crippen LogP contribution >= 0.6 is 11.8 Å². The van der Waals surface area contributed by atoms with Gasteiger partial charge in [0, 0.05) is 6.42 Å². The molecular weight excluding hydrogens is 586 g/mol. The van der Waals surface area contributed by atoms with Crippen LogP contribution in [-0.4, -0.2) is 53.5 Å². The van der Waals surface area contributed by atoms with Crippen molar-refractivity contribution in [3.8, 4) is 0 Å². The van der Waals surface area contributed by atoms with Crippen molar-refractivity contribution >= 4 is 30.0 Å². The summed E-state index contributed by atoms with van der Waals surface area (Å²) in [5.41, 5.74) is 3.65. The molecule has 0 saturated carbocycles. The zero-order valence-electron chi connectivity index (χ0n) is 26.0. The Bertz CT molecular complexity index is 1400. The Labute approximate surface area is 270 Å². The lowest BCUT2D eigenvalue weighted by atomic mass is 9.84. The maximum atomic E-state index is 13.9. The van der Waals surface area contributed by atoms with E-state index in [1.165, 1.54) is 0 Å². The highest BCUT2D eigenvalue weighted by Crippen LogP contribution is 2.46. The second kappa shape index (κ2) is 15.6. The van der Waals surface area contributed by atoms with Crippen molar-refractivity contribution in [1.82, 2.24) is 15.5 Å². The third-order valence-corrected chi connectivity index (χ3v) is 9.83. The molecule has 2 aliphatic rings. The van der Waals surface area contributed by atoms with Crippen LogP contribution in [0.1, 0.15) is 67.4 Å². The van der Waals surface area contributed by atoms with E-state index in [0.717, 1.165) is 40.8 Å². The minimum absolute atomic E-state index is 0.0452. The van der Waals surface area contributed by atoms with Gasteiger partial charge in [-0.05, 0) is 46.3 Å². The standard InChI is InChI=1S/C36H43N3O5S/c1-36(2)20-33-39(32(41)14-9-19-45-33)34(36)35(42)38-31(29-12-7-4-8-13-29)24-44-22-27-17-15-26(16-18-27)21-43-23-30(37-25-40)28-10-5-3-6-11-28/h3-8,10-13,15-18,25,30-31,33-34H,9,14,19-24H2,1-2H3,(H,37,40)(H,38,42)/t30-,31-,33+,34-/m1/s1. The fraction of sp³-hybridized carbons (Fsp3) is 0.417. The average molecular weight is 630 g/mol. The summed E-state index contributed by atoms with van der Waals surface area (Å²) < 4.78 is 12.1. The van der Waals surface area contributed by atoms with E-state index >= 15 is 0 Å². The van der Waals surface area contributed by atoms with Crippen molar-refractivity contribution in [2.45, 2.75) is 69.8 Å². The number of benzene rings is 3. The fourth-order valence-electron chi connectivity index (χ4n) is 6.19. The van der Waals surface area contributed by atoms with Gasteiger partial charge in [0.15, 0.2) is 0 Å². The molecule has 9 heteroatoms. The highest BCUT2D eigenvalue weighted by atomic mass is 32.2. The molecule has 0 unspecified atom stereocenters. The van der Waals surface area contributed by atoms with Crippen LogP contribution in [0.2, 0.25) is 0 Å². The van der Waals surface area contributed by atoms with E-state index < -0.39 is 6.04 Å². The number of hydrogen-bond donors (Lipinski definition) is 2. The van der Waals surface area contributed by atoms with Gasteiger partial charge in [-0.2, -0.15) is 0 Å². The zero-order chi connectivity index (χ0) is 31.6. The van der Waals surface area contributed by atoms with E-state index in [9.17, 15) is 14.4 Å². The molecule has 3 aromatic carbocycles. The van der Waals surface area contributed by atoms with E-state index in [-0.39, 0.29) is 34.7 Å². The minimum Gasteiger partial charge on any atom is -0.374 e. The number of nitrogens with one attached hydrogen (secondary N) is 2. The Morgan fingerprint density at radius 2 is 1.47 bits per heavy atom. The molecule has 2 aliphatic heterocycles. The molecule has 0 radical (unpaired) electrons. The Balaban J connectivity index is 1.16. The fourth-order valence-corrected chi connectivity index (χ4v) is 7.72. The van der Waals surface area contributed by atoms with Crippen molar-refractivity contribution in [2.24, 2.45) is 5.41 Å². The van der Waals surface area contributed by atoms with Gasteiger partial charge in [0.05, 0.1) is 43.9 Å². The van der Waals surface area contributed by atoms with Gasteiger partial charge in [0.1, 0.15) is 6.04 Å². The molecule has 5 rings (SSSR count). The largest absolute Gasteiger partial charge is 0.374 e. The molecular formula is C36H43N3O5S. The zero-order valence-corrected chi connectivity index (χ0v) is 26.8. The summed E-state index contributed by atoms with van der Waals surface area (Å²) in [4.78, 5) is 39.9. The molecule has 45 heavy (non-hydrogen) atoms. The third-order valence-electron chi connectivity index (χ3n) is 8.53. The molecule has 0 bridgehead atoms. The number of fused-ring (bicyclic) bond motifs is 1. The van der Waals surface area contributed by atoms with Crippen LogP contribution in [0.4, 0.5) is 0 Å². The van der Waals surface area contributed by atoms with Gasteiger partial charge in [-0.1, -0.05) is 98.8 Å². The number of amides is 3. The first-order valence-electron chi connectivity index (χ1n) is 15.6. The molecule has 3 amide bonds. The van der Waals surface area contributed by atoms with Gasteiger partial charge in [0.2, 0.25) is 18.2 Å². The lowest BCUT2D eigenvalue weighted by Gasteiger charge is -2.33. The molecule has 3 aromatic rings. The predicted molar refractivity (Wildman–Crippen MR) is 176 cm³/mol. The van der Waals surface area contributed by atoms with Crippen LogP contribution in [0.5, 0.6) is 0 Å². The van der Waals surface area contributed by atoms with E-state index in [2.05, 4.69) is 24.5 Å². The Kier molecular flexibility index (Phi) is 11.3. The molecule has 4 atom stereocenters. The Morgan fingerprint density at radius 3 is 2.04 bits per heavy atom. The number of thioether (sulfide) groups is 1. The molecule has 0 aliphatic carbocycles. The maximum absolute atomic E-state index is 13.9. The van der Waals surface area contributed by atoms with Crippen molar-refractivity contribution in [1.29, 1.82) is 0 Å². The summed E-state index contributed by atoms with van der Waals surface area (Å²) in [7, 11) is 0. The van der Waals surface area contributed by atoms with E-state index in [1.54, 1.807) is 11.8 Å². The molecule has 2 saturated heterocycles. The summed E-state index contributed by atoms with van der Waals surface area (Å²) in [6.07, 6.45) is 2.85. The number of rotatable bonds is 14. The van der Waals surface area contributed by atoms with Crippen LogP contribution in [0.3, 0.4) is 0 Å². The predicted octanol–water partition coefficient (Wildman–Crippen LogP) is 5.54. The first-order valence-corrected chi connectivity index (χ1v) is 16.7. The summed E-state index contributed by atoms with van der Waals surface area (Å²) in [6.45, 7) is 5.65. The SMILES string of the molecule is CC1(C)C[C@@H]2SCCCC(=O)N2[C@@H]1C(=O)N[C@H](COCc1ccc(COC[C@@H](NC=O)c2ccccc2)cc1)c1ccccc1. The molecule has 0 spiro atoms. The first-order chi connectivity index (χ1) is 21.9. The molecule has 2 heterocycles. The average Bonchev–Trinajstić information content (AvgIpc) is 3.22. The van der Waals surface area contributed by atoms with E-state index in [4.69, 9.17) is 9.47 Å². The van der Waals surface area contributed by atoms with Crippen LogP contribution in [0.15, 0.2) is 84.9 Å². The van der Waals surface area contributed by atoms with E-state index in [1.807, 2.05) is 89.8 Å². The van der Waals surface area contributed by atoms with Crippen molar-refractivity contribution in [3.05, 3.63) is 107 Å². The minimum atomic E-state index is -0.515. The monoisotopic (exact) mass is 629 g/mol. The van der Waals surface area contributed by atoms with E-state index in [0.29, 0.717) is 39.3 Å². The van der Waals surface area contributed by atoms with Crippen LogP contribution < -0.4 is 10.6 Å². The molecule has 2 fully saturated rings. The highest BCUT2D eigenvalue weighted by Gasteiger charge is 2.52. The smallest absolute Gasteiger partial charge is 0.243 e. The van der Waals surface area contributed by atoms with Crippen LogP contribution in [0, 0.1) is 5.41 Å². The summed E-state index contributed by atoms with van der Waals surface area (Å²) in [6, 6.07) is 26.6. The number of carbonyl (C=O) groups excluding carboxylic acids is 3. The summed E-state index contributed by atoms with van der Waals surface area (Å²) in [5, 5.41) is 6.11. The number of carbonyl (C=O) groups is 3. The quantitative estimate of drug-likeness (QED) is 0.227. The lowest BCUT2D eigenvalue weighted by molar-refractivity contribution is -0.141. The van der Waals surface area contributed by atoms with Gasteiger partial charge in [-0.25, -0.2) is 0 Å². The Hall–Kier alpha value is -3.66. The van der Waals surface area contributed by atoms with Crippen molar-refractivity contribution in [3.63, 3.8) is 0 Å². The summed E-state index contributed by atoms with van der Waals surface area (Å²) in [5.74, 6) is 0.892. The number of ether oxygens (including phenoxy) is 2. The molecule has 8 nitrogen and oxygen atoms in total. The molecule has 0 aromatic heterocycles. The van der Waals surface area contributed by atoms with Gasteiger partial charge < -0.3 is 25.0 Å².